The minimum absolute atomic E-state index is 0.0971. The first-order chi connectivity index (χ1) is 14.8. The quantitative estimate of drug-likeness (QED) is 0.501. The molecule has 1 atom stereocenters. The molecule has 2 amide bonds. The maximum Gasteiger partial charge on any atom is 0.325 e. The zero-order valence-electron chi connectivity index (χ0n) is 16.8. The largest absolute Gasteiger partial charge is 0.497 e. The Kier molecular flexibility index (Phi) is 7.09. The van der Waals surface area contributed by atoms with Crippen LogP contribution >= 0.6 is 23.8 Å². The number of ether oxygens (including phenoxy) is 2. The monoisotopic (exact) mass is 461 g/mol. The summed E-state index contributed by atoms with van der Waals surface area (Å²) in [4.78, 5) is 40.4. The summed E-state index contributed by atoms with van der Waals surface area (Å²) in [6, 6.07) is 12.4. The summed E-state index contributed by atoms with van der Waals surface area (Å²) >= 11 is 11.5. The highest BCUT2D eigenvalue weighted by Crippen LogP contribution is 2.29. The van der Waals surface area contributed by atoms with Crippen molar-refractivity contribution in [2.75, 3.05) is 31.0 Å². The van der Waals surface area contributed by atoms with Crippen molar-refractivity contribution in [3.05, 3.63) is 53.6 Å². The van der Waals surface area contributed by atoms with Crippen molar-refractivity contribution < 1.29 is 23.9 Å². The first kappa shape index (κ1) is 22.5. The lowest BCUT2D eigenvalue weighted by molar-refractivity contribution is -0.141. The molecule has 1 aliphatic heterocycles. The van der Waals surface area contributed by atoms with Crippen molar-refractivity contribution in [3.63, 3.8) is 0 Å². The topological polar surface area (TPSA) is 88.2 Å². The fourth-order valence-corrected chi connectivity index (χ4v) is 3.70. The van der Waals surface area contributed by atoms with Crippen molar-refractivity contribution in [1.82, 2.24) is 4.90 Å². The number of esters is 1. The Balaban J connectivity index is 1.82. The van der Waals surface area contributed by atoms with Gasteiger partial charge in [-0.15, -0.1) is 0 Å². The maximum absolute atomic E-state index is 13.2. The second-order valence-corrected chi connectivity index (χ2v) is 7.44. The Bertz CT molecular complexity index is 1010. The van der Waals surface area contributed by atoms with E-state index in [0.717, 1.165) is 0 Å². The molecule has 0 saturated carbocycles. The molecule has 10 heteroatoms. The number of hydrogen-bond acceptors (Lipinski definition) is 6. The molecule has 162 valence electrons. The normalized spacial score (nSPS) is 15.8. The number of nitrogens with one attached hydrogen (secondary N) is 1. The van der Waals surface area contributed by atoms with E-state index < -0.39 is 23.8 Å². The van der Waals surface area contributed by atoms with Gasteiger partial charge < -0.3 is 19.7 Å². The second-order valence-electron chi connectivity index (χ2n) is 6.64. The van der Waals surface area contributed by atoms with Gasteiger partial charge in [0.1, 0.15) is 18.3 Å². The molecule has 2 aromatic carbocycles. The van der Waals surface area contributed by atoms with E-state index in [-0.39, 0.29) is 18.1 Å². The van der Waals surface area contributed by atoms with E-state index in [0.29, 0.717) is 22.1 Å². The van der Waals surface area contributed by atoms with Crippen molar-refractivity contribution in [3.8, 4) is 5.75 Å². The van der Waals surface area contributed by atoms with Crippen LogP contribution in [-0.4, -0.2) is 54.6 Å². The smallest absolute Gasteiger partial charge is 0.325 e. The molecular weight excluding hydrogens is 442 g/mol. The number of methoxy groups -OCH3 is 2. The number of anilines is 2. The summed E-state index contributed by atoms with van der Waals surface area (Å²) in [7, 11) is 2.78. The summed E-state index contributed by atoms with van der Waals surface area (Å²) in [6.07, 6.45) is -0.209. The Morgan fingerprint density at radius 2 is 1.87 bits per heavy atom. The third-order valence-corrected chi connectivity index (χ3v) is 5.32. The van der Waals surface area contributed by atoms with Gasteiger partial charge >= 0.3 is 5.97 Å². The van der Waals surface area contributed by atoms with E-state index in [1.54, 1.807) is 55.6 Å². The fourth-order valence-electron chi connectivity index (χ4n) is 3.13. The predicted molar refractivity (Wildman–Crippen MR) is 120 cm³/mol. The highest BCUT2D eigenvalue weighted by atomic mass is 35.5. The van der Waals surface area contributed by atoms with E-state index in [1.807, 2.05) is 0 Å². The molecule has 0 unspecified atom stereocenters. The lowest BCUT2D eigenvalue weighted by Gasteiger charge is -2.22. The summed E-state index contributed by atoms with van der Waals surface area (Å²) < 4.78 is 9.82. The van der Waals surface area contributed by atoms with E-state index >= 15 is 0 Å². The fraction of sp³-hybridized carbons (Fsp3) is 0.238. The average Bonchev–Trinajstić information content (AvgIpc) is 2.98. The SMILES string of the molecule is COC(=O)CN1C(=S)N(c2cccc(Cl)c2)C(=O)[C@@H]1CC(=O)Nc1ccc(OC)cc1. The third kappa shape index (κ3) is 5.12. The van der Waals surface area contributed by atoms with Crippen LogP contribution < -0.4 is 15.0 Å². The number of nitrogens with zero attached hydrogens (tertiary/aromatic N) is 2. The van der Waals surface area contributed by atoms with Crippen LogP contribution in [0, 0.1) is 0 Å². The van der Waals surface area contributed by atoms with Crippen LogP contribution in [0.15, 0.2) is 48.5 Å². The lowest BCUT2D eigenvalue weighted by Crippen LogP contribution is -2.41. The Hall–Kier alpha value is -3.17. The van der Waals surface area contributed by atoms with Gasteiger partial charge in [0.05, 0.1) is 26.3 Å². The third-order valence-electron chi connectivity index (χ3n) is 4.66. The Morgan fingerprint density at radius 3 is 2.48 bits per heavy atom. The van der Waals surface area contributed by atoms with Gasteiger partial charge in [-0.25, -0.2) is 0 Å². The Morgan fingerprint density at radius 1 is 1.16 bits per heavy atom. The molecule has 0 aliphatic carbocycles. The van der Waals surface area contributed by atoms with E-state index in [4.69, 9.17) is 33.3 Å². The molecule has 0 spiro atoms. The van der Waals surface area contributed by atoms with Gasteiger partial charge in [0.2, 0.25) is 5.91 Å². The molecule has 0 bridgehead atoms. The highest BCUT2D eigenvalue weighted by Gasteiger charge is 2.45. The molecule has 0 aromatic heterocycles. The number of rotatable bonds is 7. The first-order valence-corrected chi connectivity index (χ1v) is 10.0. The number of carbonyl (C=O) groups is 3. The van der Waals surface area contributed by atoms with Crippen molar-refractivity contribution in [2.45, 2.75) is 12.5 Å². The molecule has 1 saturated heterocycles. The number of benzene rings is 2. The van der Waals surface area contributed by atoms with Crippen LogP contribution in [0.2, 0.25) is 5.02 Å². The molecule has 1 aliphatic rings. The van der Waals surface area contributed by atoms with Gasteiger partial charge in [-0.1, -0.05) is 17.7 Å². The van der Waals surface area contributed by atoms with E-state index in [2.05, 4.69) is 5.32 Å². The van der Waals surface area contributed by atoms with Crippen LogP contribution in [-0.2, 0) is 19.1 Å². The number of carbonyl (C=O) groups excluding carboxylic acids is 3. The second kappa shape index (κ2) is 9.76. The minimum atomic E-state index is -0.969. The number of thiocarbonyl (C=S) groups is 1. The molecule has 3 rings (SSSR count). The lowest BCUT2D eigenvalue weighted by atomic mass is 10.1. The summed E-state index contributed by atoms with van der Waals surface area (Å²) in [5.74, 6) is -0.769. The van der Waals surface area contributed by atoms with Crippen LogP contribution in [0.3, 0.4) is 0 Å². The molecule has 1 fully saturated rings. The molecule has 2 aromatic rings. The first-order valence-electron chi connectivity index (χ1n) is 9.25. The molecule has 0 radical (unpaired) electrons. The van der Waals surface area contributed by atoms with Crippen molar-refractivity contribution >= 4 is 58.1 Å². The van der Waals surface area contributed by atoms with E-state index in [1.165, 1.54) is 16.9 Å². The number of halogens is 1. The average molecular weight is 462 g/mol. The predicted octanol–water partition coefficient (Wildman–Crippen LogP) is 2.85. The van der Waals surface area contributed by atoms with Gasteiger partial charge in [-0.2, -0.15) is 0 Å². The van der Waals surface area contributed by atoms with Crippen LogP contribution in [0.25, 0.3) is 0 Å². The van der Waals surface area contributed by atoms with Gasteiger partial charge in [0.25, 0.3) is 5.91 Å². The maximum atomic E-state index is 13.2. The van der Waals surface area contributed by atoms with Crippen LogP contribution in [0.5, 0.6) is 5.75 Å². The highest BCUT2D eigenvalue weighted by molar-refractivity contribution is 7.80. The standard InChI is InChI=1S/C21H20ClN3O5S/c1-29-16-8-6-14(7-9-16)23-18(26)11-17-20(28)25(15-5-3-4-13(22)10-15)21(31)24(17)12-19(27)30-2/h3-10,17H,11-12H2,1-2H3,(H,23,26)/t17-/m0/s1. The summed E-state index contributed by atoms with van der Waals surface area (Å²) in [6.45, 7) is -0.265. The minimum Gasteiger partial charge on any atom is -0.497 e. The van der Waals surface area contributed by atoms with Gasteiger partial charge in [0, 0.05) is 10.7 Å². The van der Waals surface area contributed by atoms with E-state index in [9.17, 15) is 14.4 Å². The van der Waals surface area contributed by atoms with Crippen LogP contribution in [0.1, 0.15) is 6.42 Å². The molecule has 31 heavy (non-hydrogen) atoms. The van der Waals surface area contributed by atoms with Crippen LogP contribution in [0.4, 0.5) is 11.4 Å². The zero-order chi connectivity index (χ0) is 22.5. The molecule has 1 heterocycles. The Labute approximate surface area is 189 Å². The van der Waals surface area contributed by atoms with Crippen molar-refractivity contribution in [1.29, 1.82) is 0 Å². The zero-order valence-corrected chi connectivity index (χ0v) is 18.4. The van der Waals surface area contributed by atoms with Gasteiger partial charge in [0.15, 0.2) is 5.11 Å². The summed E-state index contributed by atoms with van der Waals surface area (Å²) in [5, 5.41) is 3.26. The number of amides is 2. The van der Waals surface area contributed by atoms with Crippen molar-refractivity contribution in [2.24, 2.45) is 0 Å². The number of hydrogen-bond donors (Lipinski definition) is 1. The molecular formula is C21H20ClN3O5S. The summed E-state index contributed by atoms with van der Waals surface area (Å²) in [5.41, 5.74) is 1.00. The molecule has 1 N–H and O–H groups in total. The van der Waals surface area contributed by atoms with Gasteiger partial charge in [-0.05, 0) is 54.7 Å². The molecule has 8 nitrogen and oxygen atoms in total. The van der Waals surface area contributed by atoms with Gasteiger partial charge in [-0.3, -0.25) is 19.3 Å².